The second-order valence-corrected chi connectivity index (χ2v) is 6.66. The molecular formula is C19H15N3O3S2. The fourth-order valence-corrected chi connectivity index (χ4v) is 2.93. The maximum atomic E-state index is 12.0. The van der Waals surface area contributed by atoms with Gasteiger partial charge in [-0.1, -0.05) is 6.07 Å². The third-order valence-corrected chi connectivity index (χ3v) is 4.40. The van der Waals surface area contributed by atoms with Crippen molar-refractivity contribution in [2.75, 3.05) is 10.6 Å². The second kappa shape index (κ2) is 8.93. The largest absolute Gasteiger partial charge is 0.465 e. The van der Waals surface area contributed by atoms with Crippen LogP contribution in [-0.4, -0.2) is 16.9 Å². The number of thiocarbonyl (C=S) groups is 1. The van der Waals surface area contributed by atoms with Gasteiger partial charge in [0.05, 0.1) is 11.1 Å². The molecule has 0 saturated carbocycles. The number of amides is 2. The van der Waals surface area contributed by atoms with Gasteiger partial charge in [0, 0.05) is 17.5 Å². The molecule has 0 aliphatic rings. The minimum Gasteiger partial charge on any atom is -0.465 e. The molecule has 8 heteroatoms. The Hall–Kier alpha value is -3.23. The van der Waals surface area contributed by atoms with Crippen molar-refractivity contribution in [2.45, 2.75) is 0 Å². The number of carbonyl (C=O) groups excluding carboxylic acids is 2. The second-order valence-electron chi connectivity index (χ2n) is 5.30. The van der Waals surface area contributed by atoms with Crippen LogP contribution in [-0.2, 0) is 4.79 Å². The zero-order valence-electron chi connectivity index (χ0n) is 14.0. The lowest BCUT2D eigenvalue weighted by atomic mass is 10.2. The maximum Gasteiger partial charge on any atom is 0.265 e. The van der Waals surface area contributed by atoms with E-state index in [1.54, 1.807) is 48.5 Å². The molecule has 0 unspecified atom stereocenters. The topological polar surface area (TPSA) is 83.4 Å². The first-order valence-electron chi connectivity index (χ1n) is 7.88. The first-order valence-corrected chi connectivity index (χ1v) is 9.17. The first-order chi connectivity index (χ1) is 13.1. The zero-order valence-corrected chi connectivity index (χ0v) is 15.6. The number of hydrogen-bond donors (Lipinski definition) is 3. The smallest absolute Gasteiger partial charge is 0.265 e. The fraction of sp³-hybridized carbons (Fsp3) is 0. The summed E-state index contributed by atoms with van der Waals surface area (Å²) in [5.41, 5.74) is 1.35. The minimum absolute atomic E-state index is 0.156. The Kier molecular flexibility index (Phi) is 6.14. The van der Waals surface area contributed by atoms with E-state index in [0.717, 1.165) is 0 Å². The van der Waals surface area contributed by atoms with E-state index in [1.807, 2.05) is 11.4 Å². The Balaban J connectivity index is 1.49. The van der Waals surface area contributed by atoms with Crippen molar-refractivity contribution in [1.29, 1.82) is 0 Å². The highest BCUT2D eigenvalue weighted by Crippen LogP contribution is 2.16. The standard InChI is InChI=1S/C19H15N3O3S2/c23-17(10-9-15-3-1-11-25-15)22-19(26)21-14-7-5-13(6-8-14)20-18(24)16-4-2-12-27-16/h1-12H,(H,20,24)(H2,21,22,23,26). The van der Waals surface area contributed by atoms with Gasteiger partial charge in [-0.05, 0) is 66.1 Å². The molecule has 0 atom stereocenters. The van der Waals surface area contributed by atoms with Crippen LogP contribution >= 0.6 is 23.6 Å². The normalized spacial score (nSPS) is 10.5. The first kappa shape index (κ1) is 18.6. The summed E-state index contributed by atoms with van der Waals surface area (Å²) in [6.45, 7) is 0. The van der Waals surface area contributed by atoms with Crippen LogP contribution in [0.5, 0.6) is 0 Å². The Labute approximate surface area is 164 Å². The highest BCUT2D eigenvalue weighted by molar-refractivity contribution is 7.80. The molecule has 0 aliphatic heterocycles. The summed E-state index contributed by atoms with van der Waals surface area (Å²) in [5, 5.41) is 10.3. The van der Waals surface area contributed by atoms with Crippen molar-refractivity contribution in [3.63, 3.8) is 0 Å². The molecule has 6 nitrogen and oxygen atoms in total. The molecule has 0 spiro atoms. The molecule has 0 saturated heterocycles. The average molecular weight is 397 g/mol. The van der Waals surface area contributed by atoms with Gasteiger partial charge in [0.15, 0.2) is 5.11 Å². The Morgan fingerprint density at radius 1 is 1.00 bits per heavy atom. The summed E-state index contributed by atoms with van der Waals surface area (Å²) in [6.07, 6.45) is 4.40. The van der Waals surface area contributed by atoms with Crippen molar-refractivity contribution < 1.29 is 14.0 Å². The molecule has 0 fully saturated rings. The van der Waals surface area contributed by atoms with E-state index < -0.39 is 0 Å². The molecule has 3 N–H and O–H groups in total. The van der Waals surface area contributed by atoms with Gasteiger partial charge in [0.1, 0.15) is 5.76 Å². The summed E-state index contributed by atoms with van der Waals surface area (Å²) >= 11 is 6.49. The van der Waals surface area contributed by atoms with E-state index in [2.05, 4.69) is 16.0 Å². The summed E-state index contributed by atoms with van der Waals surface area (Å²) < 4.78 is 5.10. The zero-order chi connectivity index (χ0) is 19.1. The van der Waals surface area contributed by atoms with Crippen LogP contribution in [0, 0.1) is 0 Å². The quantitative estimate of drug-likeness (QED) is 0.446. The lowest BCUT2D eigenvalue weighted by molar-refractivity contribution is -0.115. The molecule has 136 valence electrons. The summed E-state index contributed by atoms with van der Waals surface area (Å²) in [4.78, 5) is 24.5. The van der Waals surface area contributed by atoms with Crippen LogP contribution in [0.1, 0.15) is 15.4 Å². The molecular weight excluding hydrogens is 382 g/mol. The van der Waals surface area contributed by atoms with Crippen molar-refractivity contribution in [1.82, 2.24) is 5.32 Å². The number of thiophene rings is 1. The van der Waals surface area contributed by atoms with E-state index in [-0.39, 0.29) is 16.9 Å². The summed E-state index contributed by atoms with van der Waals surface area (Å²) in [7, 11) is 0. The third-order valence-electron chi connectivity index (χ3n) is 3.32. The molecule has 2 amide bonds. The lowest BCUT2D eigenvalue weighted by Crippen LogP contribution is -2.32. The average Bonchev–Trinajstić information content (AvgIpc) is 3.35. The minimum atomic E-state index is -0.372. The Morgan fingerprint density at radius 2 is 1.74 bits per heavy atom. The third kappa shape index (κ3) is 5.63. The van der Waals surface area contributed by atoms with Crippen LogP contribution in [0.3, 0.4) is 0 Å². The number of furan rings is 1. The number of hydrogen-bond acceptors (Lipinski definition) is 5. The molecule has 1 aromatic carbocycles. The summed E-state index contributed by atoms with van der Waals surface area (Å²) in [5.74, 6) is 0.0461. The van der Waals surface area contributed by atoms with Gasteiger partial charge in [-0.15, -0.1) is 11.3 Å². The van der Waals surface area contributed by atoms with Crippen LogP contribution < -0.4 is 16.0 Å². The molecule has 0 bridgehead atoms. The van der Waals surface area contributed by atoms with Crippen LogP contribution in [0.4, 0.5) is 11.4 Å². The van der Waals surface area contributed by atoms with Crippen LogP contribution in [0.15, 0.2) is 70.7 Å². The summed E-state index contributed by atoms with van der Waals surface area (Å²) in [6, 6.07) is 14.0. The lowest BCUT2D eigenvalue weighted by Gasteiger charge is -2.09. The van der Waals surface area contributed by atoms with E-state index in [0.29, 0.717) is 22.0 Å². The fourth-order valence-electron chi connectivity index (χ4n) is 2.10. The van der Waals surface area contributed by atoms with Gasteiger partial charge >= 0.3 is 0 Å². The van der Waals surface area contributed by atoms with Gasteiger partial charge in [-0.3, -0.25) is 14.9 Å². The molecule has 2 heterocycles. The maximum absolute atomic E-state index is 12.0. The van der Waals surface area contributed by atoms with Gasteiger partial charge in [0.2, 0.25) is 5.91 Å². The highest BCUT2D eigenvalue weighted by Gasteiger charge is 2.07. The van der Waals surface area contributed by atoms with Crippen LogP contribution in [0.25, 0.3) is 6.08 Å². The van der Waals surface area contributed by atoms with Crippen molar-refractivity contribution in [3.05, 3.63) is 76.9 Å². The number of benzene rings is 1. The van der Waals surface area contributed by atoms with E-state index >= 15 is 0 Å². The molecule has 3 aromatic rings. The number of nitrogens with one attached hydrogen (secondary N) is 3. The Bertz CT molecular complexity index is 947. The van der Waals surface area contributed by atoms with Crippen molar-refractivity contribution in [2.24, 2.45) is 0 Å². The predicted octanol–water partition coefficient (Wildman–Crippen LogP) is 4.12. The van der Waals surface area contributed by atoms with Crippen LogP contribution in [0.2, 0.25) is 0 Å². The number of rotatable bonds is 5. The van der Waals surface area contributed by atoms with Gasteiger partial charge in [-0.2, -0.15) is 0 Å². The number of carbonyl (C=O) groups is 2. The highest BCUT2D eigenvalue weighted by atomic mass is 32.1. The molecule has 27 heavy (non-hydrogen) atoms. The number of anilines is 2. The van der Waals surface area contributed by atoms with Gasteiger partial charge in [0.25, 0.3) is 5.91 Å². The van der Waals surface area contributed by atoms with Gasteiger partial charge in [-0.25, -0.2) is 0 Å². The molecule has 0 aliphatic carbocycles. The SMILES string of the molecule is O=C(C=Cc1ccco1)NC(=S)Nc1ccc(NC(=O)c2cccs2)cc1. The van der Waals surface area contributed by atoms with Crippen molar-refractivity contribution in [3.8, 4) is 0 Å². The van der Waals surface area contributed by atoms with E-state index in [1.165, 1.54) is 23.7 Å². The van der Waals surface area contributed by atoms with Gasteiger partial charge < -0.3 is 15.1 Å². The van der Waals surface area contributed by atoms with E-state index in [9.17, 15) is 9.59 Å². The molecule has 0 radical (unpaired) electrons. The monoisotopic (exact) mass is 397 g/mol. The molecule has 2 aromatic heterocycles. The molecule has 3 rings (SSSR count). The predicted molar refractivity (Wildman–Crippen MR) is 111 cm³/mol. The Morgan fingerprint density at radius 3 is 2.37 bits per heavy atom. The van der Waals surface area contributed by atoms with E-state index in [4.69, 9.17) is 16.6 Å². The van der Waals surface area contributed by atoms with Crippen molar-refractivity contribution >= 4 is 57.9 Å².